The highest BCUT2D eigenvalue weighted by Crippen LogP contribution is 2.32. The van der Waals surface area contributed by atoms with Crippen LogP contribution in [0.3, 0.4) is 0 Å². The first kappa shape index (κ1) is 25.5. The zero-order valence-electron chi connectivity index (χ0n) is 20.0. The Hall–Kier alpha value is -4.13. The van der Waals surface area contributed by atoms with Gasteiger partial charge in [-0.2, -0.15) is 5.26 Å². The maximum absolute atomic E-state index is 14.0. The second-order valence-corrected chi connectivity index (χ2v) is 9.29. The molecule has 1 N–H and O–H groups in total. The standard InChI is InChI=1S/C28H21ClF3N5O/c29-25-13-18(7-9-34-25)15-35-28(38)37-23-8-11-36(10-1-2-19-4-6-22(30)27(32)26(19)31)16-21(23)20-5-3-17(14-33)12-24(20)37/h1-7,9,12-13H,8,10-11,15-16H2,(H,35,38)/b2-1+. The van der Waals surface area contributed by atoms with E-state index in [9.17, 15) is 23.2 Å². The minimum absolute atomic E-state index is 0.0330. The van der Waals surface area contributed by atoms with Gasteiger partial charge in [0.15, 0.2) is 17.5 Å². The molecule has 0 bridgehead atoms. The number of amides is 1. The SMILES string of the molecule is N#Cc1ccc2c3c(n(C(=O)NCc4ccnc(Cl)c4)c2c1)CCN(C/C=C/c1ccc(F)c(F)c1F)C3. The van der Waals surface area contributed by atoms with Crippen LogP contribution < -0.4 is 5.32 Å². The van der Waals surface area contributed by atoms with Crippen LogP contribution in [0, 0.1) is 28.8 Å². The number of pyridine rings is 1. The number of carbonyl (C=O) groups excluding carboxylic acids is 1. The molecule has 1 amide bonds. The molecule has 4 aromatic rings. The van der Waals surface area contributed by atoms with Crippen LogP contribution in [0.25, 0.3) is 17.0 Å². The van der Waals surface area contributed by atoms with Crippen molar-refractivity contribution in [3.05, 3.63) is 105 Å². The molecule has 0 radical (unpaired) electrons. The molecule has 6 nitrogen and oxygen atoms in total. The van der Waals surface area contributed by atoms with E-state index in [0.29, 0.717) is 42.3 Å². The van der Waals surface area contributed by atoms with Gasteiger partial charge in [0.05, 0.1) is 17.1 Å². The molecule has 192 valence electrons. The van der Waals surface area contributed by atoms with Crippen LogP contribution in [0.2, 0.25) is 5.15 Å². The van der Waals surface area contributed by atoms with Gasteiger partial charge in [0.1, 0.15) is 5.15 Å². The Labute approximate surface area is 221 Å². The molecule has 38 heavy (non-hydrogen) atoms. The average Bonchev–Trinajstić information content (AvgIpc) is 3.24. The molecule has 0 unspecified atom stereocenters. The van der Waals surface area contributed by atoms with Gasteiger partial charge in [0.25, 0.3) is 0 Å². The third-order valence-corrected chi connectivity index (χ3v) is 6.73. The number of nitrogens with zero attached hydrogens (tertiary/aromatic N) is 4. The summed E-state index contributed by atoms with van der Waals surface area (Å²) in [7, 11) is 0. The number of nitrogens with one attached hydrogen (secondary N) is 1. The van der Waals surface area contributed by atoms with Crippen molar-refractivity contribution in [1.29, 1.82) is 5.26 Å². The number of benzene rings is 2. The number of halogens is 4. The van der Waals surface area contributed by atoms with Crippen molar-refractivity contribution < 1.29 is 18.0 Å². The molecule has 2 aromatic carbocycles. The molecule has 0 fully saturated rings. The van der Waals surface area contributed by atoms with Crippen LogP contribution in [-0.2, 0) is 19.5 Å². The Morgan fingerprint density at radius 1 is 1.16 bits per heavy atom. The zero-order chi connectivity index (χ0) is 26.8. The van der Waals surface area contributed by atoms with E-state index in [1.807, 2.05) is 6.07 Å². The lowest BCUT2D eigenvalue weighted by Crippen LogP contribution is -2.34. The maximum atomic E-state index is 14.0. The lowest BCUT2D eigenvalue weighted by molar-refractivity contribution is 0.240. The molecule has 0 atom stereocenters. The summed E-state index contributed by atoms with van der Waals surface area (Å²) in [4.78, 5) is 19.4. The van der Waals surface area contributed by atoms with E-state index in [1.54, 1.807) is 41.1 Å². The molecule has 1 aliphatic rings. The lowest BCUT2D eigenvalue weighted by atomic mass is 10.0. The highest BCUT2D eigenvalue weighted by molar-refractivity contribution is 6.29. The lowest BCUT2D eigenvalue weighted by Gasteiger charge is -2.27. The monoisotopic (exact) mass is 535 g/mol. The average molecular weight is 536 g/mol. The topological polar surface area (TPSA) is 74.0 Å². The van der Waals surface area contributed by atoms with Crippen molar-refractivity contribution >= 4 is 34.6 Å². The molecule has 0 spiro atoms. The van der Waals surface area contributed by atoms with E-state index >= 15 is 0 Å². The number of aromatic nitrogens is 2. The Kier molecular flexibility index (Phi) is 7.18. The van der Waals surface area contributed by atoms with Crippen molar-refractivity contribution in [3.63, 3.8) is 0 Å². The summed E-state index contributed by atoms with van der Waals surface area (Å²) in [6.07, 6.45) is 5.25. The summed E-state index contributed by atoms with van der Waals surface area (Å²) < 4.78 is 42.3. The fourth-order valence-electron chi connectivity index (χ4n) is 4.68. The third kappa shape index (κ3) is 5.01. The molecule has 0 saturated carbocycles. The number of hydrogen-bond donors (Lipinski definition) is 1. The molecule has 0 saturated heterocycles. The van der Waals surface area contributed by atoms with E-state index in [4.69, 9.17) is 11.6 Å². The zero-order valence-corrected chi connectivity index (χ0v) is 20.8. The molecule has 10 heteroatoms. The highest BCUT2D eigenvalue weighted by atomic mass is 35.5. The quantitative estimate of drug-likeness (QED) is 0.259. The summed E-state index contributed by atoms with van der Waals surface area (Å²) >= 11 is 5.95. The minimum atomic E-state index is -1.50. The van der Waals surface area contributed by atoms with Gasteiger partial charge in [-0.25, -0.2) is 22.9 Å². The fourth-order valence-corrected chi connectivity index (χ4v) is 4.87. The fraction of sp³-hybridized carbons (Fsp3) is 0.179. The predicted molar refractivity (Wildman–Crippen MR) is 138 cm³/mol. The van der Waals surface area contributed by atoms with Crippen LogP contribution in [0.1, 0.15) is 27.9 Å². The molecule has 3 heterocycles. The van der Waals surface area contributed by atoms with Crippen LogP contribution in [0.4, 0.5) is 18.0 Å². The number of nitriles is 1. The van der Waals surface area contributed by atoms with Gasteiger partial charge in [-0.15, -0.1) is 0 Å². The van der Waals surface area contributed by atoms with E-state index in [-0.39, 0.29) is 18.1 Å². The Balaban J connectivity index is 1.39. The van der Waals surface area contributed by atoms with E-state index in [0.717, 1.165) is 28.3 Å². The van der Waals surface area contributed by atoms with E-state index < -0.39 is 17.5 Å². The molecular weight excluding hydrogens is 515 g/mol. The number of rotatable bonds is 5. The second-order valence-electron chi connectivity index (χ2n) is 8.90. The van der Waals surface area contributed by atoms with Gasteiger partial charge < -0.3 is 5.32 Å². The van der Waals surface area contributed by atoms with Gasteiger partial charge in [0.2, 0.25) is 0 Å². The van der Waals surface area contributed by atoms with Crippen molar-refractivity contribution in [3.8, 4) is 6.07 Å². The summed E-state index contributed by atoms with van der Waals surface area (Å²) in [5.74, 6) is -3.95. The number of carbonyl (C=O) groups is 1. The van der Waals surface area contributed by atoms with E-state index in [2.05, 4.69) is 21.3 Å². The van der Waals surface area contributed by atoms with E-state index in [1.165, 1.54) is 12.1 Å². The normalized spacial score (nSPS) is 13.6. The van der Waals surface area contributed by atoms with Gasteiger partial charge in [-0.3, -0.25) is 9.47 Å². The van der Waals surface area contributed by atoms with Crippen LogP contribution in [0.15, 0.2) is 54.7 Å². The van der Waals surface area contributed by atoms with Gasteiger partial charge in [0, 0.05) is 55.4 Å². The largest absolute Gasteiger partial charge is 0.333 e. The van der Waals surface area contributed by atoms with Crippen LogP contribution in [-0.4, -0.2) is 33.6 Å². The van der Waals surface area contributed by atoms with Gasteiger partial charge >= 0.3 is 6.03 Å². The second kappa shape index (κ2) is 10.7. The first-order chi connectivity index (χ1) is 18.4. The van der Waals surface area contributed by atoms with Crippen molar-refractivity contribution in [2.24, 2.45) is 0 Å². The summed E-state index contributed by atoms with van der Waals surface area (Å²) in [5.41, 5.74) is 3.67. The Bertz CT molecular complexity index is 1630. The Morgan fingerprint density at radius 3 is 2.79 bits per heavy atom. The van der Waals surface area contributed by atoms with Crippen LogP contribution >= 0.6 is 11.6 Å². The maximum Gasteiger partial charge on any atom is 0.326 e. The summed E-state index contributed by atoms with van der Waals surface area (Å²) in [5, 5.41) is 13.5. The van der Waals surface area contributed by atoms with Crippen molar-refractivity contribution in [2.75, 3.05) is 13.1 Å². The molecule has 1 aliphatic heterocycles. The minimum Gasteiger partial charge on any atom is -0.333 e. The van der Waals surface area contributed by atoms with Crippen molar-refractivity contribution in [1.82, 2.24) is 19.8 Å². The molecule has 0 aliphatic carbocycles. The highest BCUT2D eigenvalue weighted by Gasteiger charge is 2.26. The van der Waals surface area contributed by atoms with Gasteiger partial charge in [-0.05, 0) is 47.5 Å². The van der Waals surface area contributed by atoms with Gasteiger partial charge in [-0.1, -0.05) is 29.8 Å². The molecule has 2 aromatic heterocycles. The molecule has 5 rings (SSSR count). The first-order valence-corrected chi connectivity index (χ1v) is 12.2. The van der Waals surface area contributed by atoms with Crippen LogP contribution in [0.5, 0.6) is 0 Å². The van der Waals surface area contributed by atoms with Crippen molar-refractivity contribution in [2.45, 2.75) is 19.5 Å². The predicted octanol–water partition coefficient (Wildman–Crippen LogP) is 5.81. The third-order valence-electron chi connectivity index (χ3n) is 6.52. The number of fused-ring (bicyclic) bond motifs is 3. The summed E-state index contributed by atoms with van der Waals surface area (Å²) in [6.45, 7) is 1.83. The Morgan fingerprint density at radius 2 is 2.00 bits per heavy atom. The summed E-state index contributed by atoms with van der Waals surface area (Å²) in [6, 6.07) is 12.6. The number of hydrogen-bond acceptors (Lipinski definition) is 4. The first-order valence-electron chi connectivity index (χ1n) is 11.8. The smallest absolute Gasteiger partial charge is 0.326 e. The molecular formula is C28H21ClF3N5O.